The molecule has 0 rings (SSSR count). The Morgan fingerprint density at radius 3 is 2.83 bits per heavy atom. The van der Waals surface area contributed by atoms with Crippen LogP contribution in [0.5, 0.6) is 0 Å². The average molecular weight is 285 g/mol. The van der Waals surface area contributed by atoms with Crippen molar-refractivity contribution in [1.29, 1.82) is 0 Å². The highest BCUT2D eigenvalue weighted by atomic mass is 127. The van der Waals surface area contributed by atoms with Gasteiger partial charge in [-0.1, -0.05) is 35.9 Å². The van der Waals surface area contributed by atoms with Gasteiger partial charge in [0, 0.05) is 10.5 Å². The highest BCUT2D eigenvalue weighted by Gasteiger charge is 2.05. The zero-order valence-electron chi connectivity index (χ0n) is 7.60. The van der Waals surface area contributed by atoms with E-state index in [9.17, 15) is 4.79 Å². The second-order valence-electron chi connectivity index (χ2n) is 2.69. The third kappa shape index (κ3) is 6.69. The lowest BCUT2D eigenvalue weighted by Crippen LogP contribution is -2.34. The molecular weight excluding hydrogens is 269 g/mol. The first-order valence-corrected chi connectivity index (χ1v) is 5.72. The smallest absolute Gasteiger partial charge is 0.407 e. The number of alkyl halides is 1. The highest BCUT2D eigenvalue weighted by Crippen LogP contribution is 1.92. The van der Waals surface area contributed by atoms with E-state index in [-0.39, 0.29) is 12.1 Å². The largest absolute Gasteiger partial charge is 0.450 e. The van der Waals surface area contributed by atoms with Gasteiger partial charge in [-0.3, -0.25) is 0 Å². The van der Waals surface area contributed by atoms with Gasteiger partial charge >= 0.3 is 6.09 Å². The monoisotopic (exact) mass is 285 g/mol. The quantitative estimate of drug-likeness (QED) is 0.478. The summed E-state index contributed by atoms with van der Waals surface area (Å²) in [7, 11) is 0. The number of carbonyl (C=O) groups is 1. The molecule has 0 saturated carbocycles. The van der Waals surface area contributed by atoms with Gasteiger partial charge in [-0.15, -0.1) is 0 Å². The number of nitrogens with one attached hydrogen (secondary N) is 1. The van der Waals surface area contributed by atoms with Crippen molar-refractivity contribution in [2.75, 3.05) is 11.0 Å². The van der Waals surface area contributed by atoms with Gasteiger partial charge in [0.25, 0.3) is 0 Å². The van der Waals surface area contributed by atoms with Gasteiger partial charge in [-0.2, -0.15) is 0 Å². The third-order valence-electron chi connectivity index (χ3n) is 1.33. The van der Waals surface area contributed by atoms with Gasteiger partial charge in [-0.25, -0.2) is 4.79 Å². The minimum Gasteiger partial charge on any atom is -0.450 e. The van der Waals surface area contributed by atoms with Crippen molar-refractivity contribution in [3.8, 4) is 0 Å². The Balaban J connectivity index is 3.33. The molecule has 0 aliphatic carbocycles. The van der Waals surface area contributed by atoms with Crippen molar-refractivity contribution in [2.45, 2.75) is 32.7 Å². The number of unbranched alkanes of at least 4 members (excludes halogenated alkanes) is 1. The Kier molecular flexibility index (Phi) is 7.64. The topological polar surface area (TPSA) is 38.3 Å². The summed E-state index contributed by atoms with van der Waals surface area (Å²) in [5, 5.41) is 2.72. The maximum Gasteiger partial charge on any atom is 0.407 e. The van der Waals surface area contributed by atoms with E-state index in [0.29, 0.717) is 6.61 Å². The van der Waals surface area contributed by atoms with E-state index in [1.54, 1.807) is 0 Å². The zero-order chi connectivity index (χ0) is 9.40. The van der Waals surface area contributed by atoms with Crippen molar-refractivity contribution in [3.05, 3.63) is 0 Å². The molecule has 0 radical (unpaired) electrons. The third-order valence-corrected chi connectivity index (χ3v) is 2.65. The summed E-state index contributed by atoms with van der Waals surface area (Å²) in [6, 6.07) is 0.194. The normalized spacial score (nSPS) is 12.2. The standard InChI is InChI=1S/C8H16INO2/c1-3-4-5-12-8(11)10-7(2)6-9/h7H,3-6H2,1-2H3,(H,10,11). The van der Waals surface area contributed by atoms with Gasteiger partial charge < -0.3 is 10.1 Å². The van der Waals surface area contributed by atoms with Gasteiger partial charge in [0.05, 0.1) is 6.61 Å². The van der Waals surface area contributed by atoms with E-state index in [1.165, 1.54) is 0 Å². The second kappa shape index (κ2) is 7.64. The molecule has 0 aromatic heterocycles. The molecular formula is C8H16INO2. The Morgan fingerprint density at radius 1 is 1.67 bits per heavy atom. The van der Waals surface area contributed by atoms with Crippen LogP contribution in [0.15, 0.2) is 0 Å². The summed E-state index contributed by atoms with van der Waals surface area (Å²) >= 11 is 2.22. The molecule has 3 nitrogen and oxygen atoms in total. The van der Waals surface area contributed by atoms with Gasteiger partial charge in [0.15, 0.2) is 0 Å². The molecule has 12 heavy (non-hydrogen) atoms. The summed E-state index contributed by atoms with van der Waals surface area (Å²) in [6.45, 7) is 4.54. The van der Waals surface area contributed by atoms with Crippen LogP contribution in [0.25, 0.3) is 0 Å². The minimum atomic E-state index is -0.299. The molecule has 0 saturated heterocycles. The van der Waals surface area contributed by atoms with E-state index in [0.717, 1.165) is 17.3 Å². The van der Waals surface area contributed by atoms with Gasteiger partial charge in [-0.05, 0) is 13.3 Å². The van der Waals surface area contributed by atoms with Gasteiger partial charge in [0.2, 0.25) is 0 Å². The average Bonchev–Trinajstić information content (AvgIpc) is 2.05. The fraction of sp³-hybridized carbons (Fsp3) is 0.875. The minimum absolute atomic E-state index is 0.194. The molecule has 0 aliphatic rings. The number of rotatable bonds is 5. The summed E-state index contributed by atoms with van der Waals surface area (Å²) in [4.78, 5) is 11.0. The molecule has 1 N–H and O–H groups in total. The fourth-order valence-corrected chi connectivity index (χ4v) is 0.811. The van der Waals surface area contributed by atoms with Crippen LogP contribution in [0.1, 0.15) is 26.7 Å². The van der Waals surface area contributed by atoms with Crippen LogP contribution in [0.4, 0.5) is 4.79 Å². The number of carbonyl (C=O) groups excluding carboxylic acids is 1. The number of amides is 1. The molecule has 0 aliphatic heterocycles. The Bertz CT molecular complexity index is 130. The van der Waals surface area contributed by atoms with Crippen LogP contribution in [-0.4, -0.2) is 23.2 Å². The van der Waals surface area contributed by atoms with Crippen molar-refractivity contribution in [1.82, 2.24) is 5.32 Å². The molecule has 0 spiro atoms. The van der Waals surface area contributed by atoms with Crippen molar-refractivity contribution >= 4 is 28.7 Å². The lowest BCUT2D eigenvalue weighted by atomic mass is 10.4. The molecule has 0 heterocycles. The van der Waals surface area contributed by atoms with Crippen LogP contribution in [0, 0.1) is 0 Å². The van der Waals surface area contributed by atoms with E-state index in [4.69, 9.17) is 4.74 Å². The lowest BCUT2D eigenvalue weighted by molar-refractivity contribution is 0.142. The van der Waals surface area contributed by atoms with E-state index >= 15 is 0 Å². The fourth-order valence-electron chi connectivity index (χ4n) is 0.591. The number of halogens is 1. The predicted molar refractivity (Wildman–Crippen MR) is 57.7 cm³/mol. The van der Waals surface area contributed by atoms with E-state index in [2.05, 4.69) is 34.8 Å². The number of alkyl carbamates (subject to hydrolysis) is 1. The summed E-state index contributed by atoms with van der Waals surface area (Å²) in [6.07, 6.45) is 1.69. The molecule has 0 bridgehead atoms. The van der Waals surface area contributed by atoms with E-state index in [1.807, 2.05) is 6.92 Å². The van der Waals surface area contributed by atoms with E-state index < -0.39 is 0 Å². The Labute approximate surface area is 87.4 Å². The number of hydrogen-bond acceptors (Lipinski definition) is 2. The second-order valence-corrected chi connectivity index (χ2v) is 3.57. The summed E-state index contributed by atoms with van der Waals surface area (Å²) in [5.41, 5.74) is 0. The molecule has 1 atom stereocenters. The first-order chi connectivity index (χ1) is 5.70. The van der Waals surface area contributed by atoms with Crippen LogP contribution in [-0.2, 0) is 4.74 Å². The zero-order valence-corrected chi connectivity index (χ0v) is 9.76. The molecule has 4 heteroatoms. The van der Waals surface area contributed by atoms with Crippen molar-refractivity contribution in [3.63, 3.8) is 0 Å². The molecule has 72 valence electrons. The van der Waals surface area contributed by atoms with Crippen molar-refractivity contribution < 1.29 is 9.53 Å². The molecule has 0 aromatic rings. The number of ether oxygens (including phenoxy) is 1. The molecule has 0 aromatic carbocycles. The van der Waals surface area contributed by atoms with Gasteiger partial charge in [0.1, 0.15) is 0 Å². The van der Waals surface area contributed by atoms with Crippen LogP contribution >= 0.6 is 22.6 Å². The Hall–Kier alpha value is 0. The SMILES string of the molecule is CCCCOC(=O)NC(C)CI. The first-order valence-electron chi connectivity index (χ1n) is 4.20. The maximum absolute atomic E-state index is 11.0. The van der Waals surface area contributed by atoms with Crippen molar-refractivity contribution in [2.24, 2.45) is 0 Å². The lowest BCUT2D eigenvalue weighted by Gasteiger charge is -2.10. The Morgan fingerprint density at radius 2 is 2.33 bits per heavy atom. The molecule has 0 fully saturated rings. The summed E-state index contributed by atoms with van der Waals surface area (Å²) < 4.78 is 5.80. The molecule has 1 unspecified atom stereocenters. The maximum atomic E-state index is 11.0. The van der Waals surface area contributed by atoms with Crippen LogP contribution < -0.4 is 5.32 Å². The highest BCUT2D eigenvalue weighted by molar-refractivity contribution is 14.1. The summed E-state index contributed by atoms with van der Waals surface area (Å²) in [5.74, 6) is 0. The predicted octanol–water partition coefficient (Wildman–Crippen LogP) is 2.34. The first kappa shape index (κ1) is 12.0. The number of hydrogen-bond donors (Lipinski definition) is 1. The van der Waals surface area contributed by atoms with Crippen LogP contribution in [0.2, 0.25) is 0 Å². The molecule has 1 amide bonds. The van der Waals surface area contributed by atoms with Crippen LogP contribution in [0.3, 0.4) is 0 Å².